The third-order valence-corrected chi connectivity index (χ3v) is 4.87. The summed E-state index contributed by atoms with van der Waals surface area (Å²) >= 11 is 5.86. The second-order valence-electron chi connectivity index (χ2n) is 6.72. The summed E-state index contributed by atoms with van der Waals surface area (Å²) in [7, 11) is 1.78. The molecule has 0 aliphatic carbocycles. The largest absolute Gasteiger partial charge is 0.435 e. The maximum Gasteiger partial charge on any atom is 0.435 e. The lowest BCUT2D eigenvalue weighted by atomic mass is 10.2. The molecule has 2 amide bonds. The van der Waals surface area contributed by atoms with Crippen LogP contribution in [0.4, 0.5) is 23.7 Å². The first kappa shape index (κ1) is 20.7. The lowest BCUT2D eigenvalue weighted by Gasteiger charge is -2.10. The second-order valence-corrected chi connectivity index (χ2v) is 7.16. The highest BCUT2D eigenvalue weighted by Gasteiger charge is 2.35. The molecule has 160 valence electrons. The number of carbonyl (C=O) groups is 1. The van der Waals surface area contributed by atoms with Crippen LogP contribution >= 0.6 is 11.6 Å². The van der Waals surface area contributed by atoms with Gasteiger partial charge in [0.25, 0.3) is 0 Å². The van der Waals surface area contributed by atoms with Gasteiger partial charge in [0.2, 0.25) is 0 Å². The monoisotopic (exact) mass is 448 g/mol. The predicted octanol–water partition coefficient (Wildman–Crippen LogP) is 4.75. The topological polar surface area (TPSA) is 76.8 Å². The van der Waals surface area contributed by atoms with Crippen molar-refractivity contribution < 1.29 is 18.0 Å². The smallest absolute Gasteiger partial charge is 0.332 e. The van der Waals surface area contributed by atoms with E-state index in [4.69, 9.17) is 11.6 Å². The van der Waals surface area contributed by atoms with E-state index in [9.17, 15) is 18.0 Å². The number of alkyl halides is 3. The Hall–Kier alpha value is -3.53. The normalized spacial score (nSPS) is 11.6. The maximum absolute atomic E-state index is 13.2. The van der Waals surface area contributed by atoms with E-state index in [2.05, 4.69) is 20.8 Å². The van der Waals surface area contributed by atoms with E-state index in [1.165, 1.54) is 0 Å². The lowest BCUT2D eigenvalue weighted by Crippen LogP contribution is -2.29. The molecule has 0 fully saturated rings. The predicted molar refractivity (Wildman–Crippen MR) is 110 cm³/mol. The van der Waals surface area contributed by atoms with Gasteiger partial charge in [-0.3, -0.25) is 4.68 Å². The molecule has 0 aliphatic heterocycles. The SMILES string of the molecule is Cn1ncc2c(NC(=O)NCc3cc(C(F)(F)F)nn3-c3ccc(Cl)cc3)cccc21. The number of amides is 2. The molecule has 4 rings (SSSR count). The van der Waals surface area contributed by atoms with Crippen molar-refractivity contribution in [3.8, 4) is 5.69 Å². The fourth-order valence-corrected chi connectivity index (χ4v) is 3.24. The third-order valence-electron chi connectivity index (χ3n) is 4.61. The van der Waals surface area contributed by atoms with Crippen molar-refractivity contribution in [2.24, 2.45) is 7.05 Å². The van der Waals surface area contributed by atoms with Crippen LogP contribution in [0.25, 0.3) is 16.6 Å². The van der Waals surface area contributed by atoms with Gasteiger partial charge in [-0.25, -0.2) is 9.48 Å². The molecule has 0 atom stereocenters. The maximum atomic E-state index is 13.2. The molecular weight excluding hydrogens is 433 g/mol. The van der Waals surface area contributed by atoms with Crippen LogP contribution in [0.5, 0.6) is 0 Å². The Balaban J connectivity index is 1.55. The zero-order valence-electron chi connectivity index (χ0n) is 16.1. The minimum absolute atomic E-state index is 0.157. The highest BCUT2D eigenvalue weighted by Crippen LogP contribution is 2.30. The number of urea groups is 1. The average molecular weight is 449 g/mol. The summed E-state index contributed by atoms with van der Waals surface area (Å²) in [5.41, 5.74) is 0.847. The van der Waals surface area contributed by atoms with Crippen LogP contribution in [0.2, 0.25) is 5.02 Å². The van der Waals surface area contributed by atoms with Crippen molar-refractivity contribution >= 4 is 34.2 Å². The lowest BCUT2D eigenvalue weighted by molar-refractivity contribution is -0.141. The van der Waals surface area contributed by atoms with Crippen LogP contribution in [0.1, 0.15) is 11.4 Å². The number of fused-ring (bicyclic) bond motifs is 1. The number of aryl methyl sites for hydroxylation is 1. The van der Waals surface area contributed by atoms with E-state index in [1.54, 1.807) is 54.3 Å². The highest BCUT2D eigenvalue weighted by molar-refractivity contribution is 6.30. The molecule has 2 heterocycles. The summed E-state index contributed by atoms with van der Waals surface area (Å²) in [5, 5.41) is 14.3. The minimum atomic E-state index is -4.62. The summed E-state index contributed by atoms with van der Waals surface area (Å²) in [6.45, 7) is -0.180. The van der Waals surface area contributed by atoms with Gasteiger partial charge in [-0.1, -0.05) is 17.7 Å². The molecule has 7 nitrogen and oxygen atoms in total. The Kier molecular flexibility index (Phi) is 5.32. The number of rotatable bonds is 4. The Bertz CT molecular complexity index is 1250. The molecule has 0 saturated carbocycles. The number of halogens is 4. The number of benzene rings is 2. The quantitative estimate of drug-likeness (QED) is 0.473. The molecule has 11 heteroatoms. The number of hydrogen-bond acceptors (Lipinski definition) is 3. The number of anilines is 1. The van der Waals surface area contributed by atoms with Crippen molar-refractivity contribution in [2.75, 3.05) is 5.32 Å². The Labute approximate surface area is 179 Å². The molecule has 2 N–H and O–H groups in total. The first-order chi connectivity index (χ1) is 14.7. The molecule has 0 bridgehead atoms. The van der Waals surface area contributed by atoms with Crippen LogP contribution in [-0.4, -0.2) is 25.6 Å². The fraction of sp³-hybridized carbons (Fsp3) is 0.150. The third kappa shape index (κ3) is 4.33. The summed E-state index contributed by atoms with van der Waals surface area (Å²) in [6.07, 6.45) is -3.00. The summed E-state index contributed by atoms with van der Waals surface area (Å²) < 4.78 is 42.4. The molecule has 31 heavy (non-hydrogen) atoms. The minimum Gasteiger partial charge on any atom is -0.332 e. The zero-order valence-corrected chi connectivity index (χ0v) is 16.9. The molecule has 0 spiro atoms. The van der Waals surface area contributed by atoms with E-state index >= 15 is 0 Å². The van der Waals surface area contributed by atoms with Gasteiger partial charge in [0.05, 0.1) is 35.3 Å². The van der Waals surface area contributed by atoms with Crippen LogP contribution < -0.4 is 10.6 Å². The molecular formula is C20H16ClF3N6O. The van der Waals surface area contributed by atoms with Crippen molar-refractivity contribution in [1.29, 1.82) is 0 Å². The molecule has 0 unspecified atom stereocenters. The van der Waals surface area contributed by atoms with Gasteiger partial charge >= 0.3 is 12.2 Å². The number of nitrogens with zero attached hydrogens (tertiary/aromatic N) is 4. The highest BCUT2D eigenvalue weighted by atomic mass is 35.5. The number of aromatic nitrogens is 4. The van der Waals surface area contributed by atoms with E-state index in [1.807, 2.05) is 6.07 Å². The van der Waals surface area contributed by atoms with Crippen LogP contribution in [0, 0.1) is 0 Å². The van der Waals surface area contributed by atoms with Crippen molar-refractivity contribution in [3.05, 3.63) is 71.1 Å². The zero-order chi connectivity index (χ0) is 22.2. The average Bonchev–Trinajstić information content (AvgIpc) is 3.32. The van der Waals surface area contributed by atoms with E-state index in [0.717, 1.165) is 21.7 Å². The van der Waals surface area contributed by atoms with Gasteiger partial charge in [0.1, 0.15) is 0 Å². The Morgan fingerprint density at radius 3 is 2.61 bits per heavy atom. The Morgan fingerprint density at radius 2 is 1.90 bits per heavy atom. The van der Waals surface area contributed by atoms with Gasteiger partial charge in [-0.15, -0.1) is 0 Å². The van der Waals surface area contributed by atoms with Gasteiger partial charge < -0.3 is 10.6 Å². The van der Waals surface area contributed by atoms with Crippen molar-refractivity contribution in [2.45, 2.75) is 12.7 Å². The first-order valence-corrected chi connectivity index (χ1v) is 9.48. The molecule has 2 aromatic carbocycles. The molecule has 0 saturated heterocycles. The van der Waals surface area contributed by atoms with Gasteiger partial charge in [-0.05, 0) is 42.5 Å². The number of nitrogens with one attached hydrogen (secondary N) is 2. The van der Waals surface area contributed by atoms with Crippen LogP contribution in [0.15, 0.2) is 54.7 Å². The molecule has 0 radical (unpaired) electrons. The van der Waals surface area contributed by atoms with Crippen molar-refractivity contribution in [1.82, 2.24) is 24.9 Å². The van der Waals surface area contributed by atoms with E-state index in [-0.39, 0.29) is 12.2 Å². The van der Waals surface area contributed by atoms with Gasteiger partial charge in [-0.2, -0.15) is 23.4 Å². The van der Waals surface area contributed by atoms with Gasteiger partial charge in [0.15, 0.2) is 5.69 Å². The van der Waals surface area contributed by atoms with Crippen LogP contribution in [-0.2, 0) is 19.8 Å². The van der Waals surface area contributed by atoms with E-state index < -0.39 is 17.9 Å². The summed E-state index contributed by atoms with van der Waals surface area (Å²) in [4.78, 5) is 12.4. The van der Waals surface area contributed by atoms with Crippen LogP contribution in [0.3, 0.4) is 0 Å². The number of carbonyl (C=O) groups excluding carboxylic acids is 1. The summed E-state index contributed by atoms with van der Waals surface area (Å²) in [5.74, 6) is 0. The molecule has 0 aliphatic rings. The van der Waals surface area contributed by atoms with E-state index in [0.29, 0.717) is 16.4 Å². The summed E-state index contributed by atoms with van der Waals surface area (Å²) in [6, 6.07) is 11.8. The molecule has 2 aromatic heterocycles. The standard InChI is InChI=1S/C20H16ClF3N6O/c1-29-17-4-2-3-16(15(17)11-26-29)27-19(31)25-10-14-9-18(20(22,23)24)28-30(14)13-7-5-12(21)6-8-13/h2-9,11H,10H2,1H3,(H2,25,27,31). The number of hydrogen-bond donors (Lipinski definition) is 2. The Morgan fingerprint density at radius 1 is 1.16 bits per heavy atom. The first-order valence-electron chi connectivity index (χ1n) is 9.10. The van der Waals surface area contributed by atoms with Gasteiger partial charge in [0, 0.05) is 17.5 Å². The molecule has 4 aromatic rings. The fourth-order valence-electron chi connectivity index (χ4n) is 3.11. The second kappa shape index (κ2) is 7.95. The van der Waals surface area contributed by atoms with Crippen molar-refractivity contribution in [3.63, 3.8) is 0 Å².